The maximum atomic E-state index is 11.0. The molecule has 2 N–H and O–H groups in total. The minimum absolute atomic E-state index is 0.403. The van der Waals surface area contributed by atoms with Gasteiger partial charge in [0.05, 0.1) is 12.7 Å². The predicted molar refractivity (Wildman–Crippen MR) is 48.1 cm³/mol. The van der Waals surface area contributed by atoms with Gasteiger partial charge in [0.1, 0.15) is 5.60 Å². The Kier molecular flexibility index (Phi) is 4.66. The maximum Gasteiger partial charge on any atom is 0.331 e. The molecule has 0 fully saturated rings. The SMILES string of the molecule is CC(C)(C)OC(=O)/C=C/[C@H](O)CO. The van der Waals surface area contributed by atoms with Gasteiger partial charge in [-0.2, -0.15) is 0 Å². The molecule has 0 rings (SSSR count). The van der Waals surface area contributed by atoms with Crippen LogP contribution in [0, 0.1) is 0 Å². The van der Waals surface area contributed by atoms with E-state index in [4.69, 9.17) is 14.9 Å². The molecule has 0 bridgehead atoms. The quantitative estimate of drug-likeness (QED) is 0.491. The van der Waals surface area contributed by atoms with Crippen LogP contribution in [0.2, 0.25) is 0 Å². The first kappa shape index (κ1) is 12.1. The van der Waals surface area contributed by atoms with Crippen LogP contribution in [-0.2, 0) is 9.53 Å². The van der Waals surface area contributed by atoms with Gasteiger partial charge in [0, 0.05) is 6.08 Å². The Morgan fingerprint density at radius 3 is 2.46 bits per heavy atom. The Morgan fingerprint density at radius 1 is 1.54 bits per heavy atom. The van der Waals surface area contributed by atoms with E-state index in [9.17, 15) is 4.79 Å². The standard InChI is InChI=1S/C9H16O4/c1-9(2,3)13-8(12)5-4-7(11)6-10/h4-5,7,10-11H,6H2,1-3H3/b5-4+/t7-/m0/s1. The van der Waals surface area contributed by atoms with Crippen LogP contribution in [0.4, 0.5) is 0 Å². The molecule has 0 aliphatic rings. The van der Waals surface area contributed by atoms with Crippen molar-refractivity contribution in [2.45, 2.75) is 32.5 Å². The summed E-state index contributed by atoms with van der Waals surface area (Å²) in [5.74, 6) is -0.528. The van der Waals surface area contributed by atoms with Crippen LogP contribution in [0.5, 0.6) is 0 Å². The van der Waals surface area contributed by atoms with E-state index < -0.39 is 24.3 Å². The molecular formula is C9H16O4. The molecule has 0 radical (unpaired) electrons. The lowest BCUT2D eigenvalue weighted by atomic mass is 10.2. The highest BCUT2D eigenvalue weighted by Crippen LogP contribution is 2.07. The van der Waals surface area contributed by atoms with Crippen molar-refractivity contribution in [3.63, 3.8) is 0 Å². The molecule has 0 aromatic rings. The van der Waals surface area contributed by atoms with Gasteiger partial charge in [-0.25, -0.2) is 4.79 Å². The lowest BCUT2D eigenvalue weighted by molar-refractivity contribution is -0.148. The third-order valence-corrected chi connectivity index (χ3v) is 1.05. The van der Waals surface area contributed by atoms with Gasteiger partial charge in [0.15, 0.2) is 0 Å². The number of rotatable bonds is 3. The van der Waals surface area contributed by atoms with E-state index in [-0.39, 0.29) is 0 Å². The molecule has 76 valence electrons. The van der Waals surface area contributed by atoms with Gasteiger partial charge in [-0.1, -0.05) is 0 Å². The van der Waals surface area contributed by atoms with Crippen molar-refractivity contribution in [3.05, 3.63) is 12.2 Å². The highest BCUT2D eigenvalue weighted by Gasteiger charge is 2.13. The van der Waals surface area contributed by atoms with Crippen LogP contribution in [0.25, 0.3) is 0 Å². The molecule has 0 amide bonds. The number of hydrogen-bond acceptors (Lipinski definition) is 4. The Labute approximate surface area is 77.8 Å². The zero-order chi connectivity index (χ0) is 10.5. The highest BCUT2D eigenvalue weighted by atomic mass is 16.6. The van der Waals surface area contributed by atoms with Crippen molar-refractivity contribution in [1.82, 2.24) is 0 Å². The third-order valence-electron chi connectivity index (χ3n) is 1.05. The minimum Gasteiger partial charge on any atom is -0.457 e. The van der Waals surface area contributed by atoms with Crippen LogP contribution < -0.4 is 0 Å². The van der Waals surface area contributed by atoms with Crippen molar-refractivity contribution in [3.8, 4) is 0 Å². The minimum atomic E-state index is -1.01. The van der Waals surface area contributed by atoms with E-state index in [0.29, 0.717) is 0 Å². The fourth-order valence-electron chi connectivity index (χ4n) is 0.586. The predicted octanol–water partition coefficient (Wildman–Crippen LogP) is 0.237. The molecule has 0 unspecified atom stereocenters. The zero-order valence-corrected chi connectivity index (χ0v) is 8.15. The first-order valence-corrected chi connectivity index (χ1v) is 4.05. The Balaban J connectivity index is 3.95. The second kappa shape index (κ2) is 4.99. The molecule has 0 spiro atoms. The molecule has 4 nitrogen and oxygen atoms in total. The molecular weight excluding hydrogens is 172 g/mol. The molecule has 4 heteroatoms. The van der Waals surface area contributed by atoms with Crippen molar-refractivity contribution >= 4 is 5.97 Å². The van der Waals surface area contributed by atoms with Crippen LogP contribution in [0.3, 0.4) is 0 Å². The maximum absolute atomic E-state index is 11.0. The topological polar surface area (TPSA) is 66.8 Å². The zero-order valence-electron chi connectivity index (χ0n) is 8.15. The van der Waals surface area contributed by atoms with Gasteiger partial charge in [-0.3, -0.25) is 0 Å². The fraction of sp³-hybridized carbons (Fsp3) is 0.667. The van der Waals surface area contributed by atoms with Crippen molar-refractivity contribution in [2.24, 2.45) is 0 Å². The van der Waals surface area contributed by atoms with E-state index in [1.165, 1.54) is 6.08 Å². The first-order valence-electron chi connectivity index (χ1n) is 4.05. The van der Waals surface area contributed by atoms with Crippen molar-refractivity contribution in [1.29, 1.82) is 0 Å². The highest BCUT2D eigenvalue weighted by molar-refractivity contribution is 5.82. The number of carbonyl (C=O) groups excluding carboxylic acids is 1. The number of ether oxygens (including phenoxy) is 1. The molecule has 0 saturated carbocycles. The van der Waals surface area contributed by atoms with Crippen molar-refractivity contribution in [2.75, 3.05) is 6.61 Å². The molecule has 1 atom stereocenters. The normalized spacial score (nSPS) is 14.5. The summed E-state index contributed by atoms with van der Waals surface area (Å²) in [6.07, 6.45) is 1.28. The van der Waals surface area contributed by atoms with Gasteiger partial charge in [-0.15, -0.1) is 0 Å². The molecule has 0 saturated heterocycles. The molecule has 13 heavy (non-hydrogen) atoms. The fourth-order valence-corrected chi connectivity index (χ4v) is 0.586. The average molecular weight is 188 g/mol. The Hall–Kier alpha value is -0.870. The largest absolute Gasteiger partial charge is 0.457 e. The van der Waals surface area contributed by atoms with Gasteiger partial charge < -0.3 is 14.9 Å². The van der Waals surface area contributed by atoms with Gasteiger partial charge in [0.2, 0.25) is 0 Å². The number of hydrogen-bond donors (Lipinski definition) is 2. The number of esters is 1. The van der Waals surface area contributed by atoms with Gasteiger partial charge >= 0.3 is 5.97 Å². The molecule has 0 aromatic carbocycles. The summed E-state index contributed by atoms with van der Waals surface area (Å²) in [6.45, 7) is 4.85. The summed E-state index contributed by atoms with van der Waals surface area (Å²) in [6, 6.07) is 0. The Bertz CT molecular complexity index is 190. The average Bonchev–Trinajstić information content (AvgIpc) is 1.97. The summed E-state index contributed by atoms with van der Waals surface area (Å²) in [5, 5.41) is 17.3. The van der Waals surface area contributed by atoms with Crippen LogP contribution in [0.15, 0.2) is 12.2 Å². The smallest absolute Gasteiger partial charge is 0.331 e. The first-order chi connectivity index (χ1) is 5.85. The van der Waals surface area contributed by atoms with E-state index in [2.05, 4.69) is 0 Å². The molecule has 0 aliphatic carbocycles. The molecule has 0 heterocycles. The number of aliphatic hydroxyl groups excluding tert-OH is 2. The van der Waals surface area contributed by atoms with Crippen LogP contribution in [-0.4, -0.2) is 34.5 Å². The summed E-state index contributed by atoms with van der Waals surface area (Å²) in [7, 11) is 0. The van der Waals surface area contributed by atoms with E-state index in [0.717, 1.165) is 6.08 Å². The van der Waals surface area contributed by atoms with Gasteiger partial charge in [-0.05, 0) is 26.8 Å². The third kappa shape index (κ3) is 7.49. The van der Waals surface area contributed by atoms with Crippen molar-refractivity contribution < 1.29 is 19.7 Å². The van der Waals surface area contributed by atoms with E-state index in [1.807, 2.05) is 0 Å². The summed E-state index contributed by atoms with van der Waals surface area (Å²) < 4.78 is 4.91. The van der Waals surface area contributed by atoms with E-state index in [1.54, 1.807) is 20.8 Å². The molecule has 0 aromatic heterocycles. The Morgan fingerprint density at radius 2 is 2.08 bits per heavy atom. The number of aliphatic hydroxyl groups is 2. The van der Waals surface area contributed by atoms with Crippen LogP contribution in [0.1, 0.15) is 20.8 Å². The molecule has 0 aliphatic heterocycles. The van der Waals surface area contributed by atoms with Gasteiger partial charge in [0.25, 0.3) is 0 Å². The van der Waals surface area contributed by atoms with Crippen LogP contribution >= 0.6 is 0 Å². The summed E-state index contributed by atoms with van der Waals surface area (Å²) in [4.78, 5) is 11.0. The summed E-state index contributed by atoms with van der Waals surface area (Å²) in [5.41, 5.74) is -0.536. The van der Waals surface area contributed by atoms with E-state index >= 15 is 0 Å². The lowest BCUT2D eigenvalue weighted by Gasteiger charge is -2.18. The number of carbonyl (C=O) groups is 1. The second-order valence-corrected chi connectivity index (χ2v) is 3.64. The second-order valence-electron chi connectivity index (χ2n) is 3.64. The lowest BCUT2D eigenvalue weighted by Crippen LogP contribution is -2.23. The summed E-state index contributed by atoms with van der Waals surface area (Å²) >= 11 is 0. The monoisotopic (exact) mass is 188 g/mol.